The Balaban J connectivity index is 2.40. The number of hydrogen-bond acceptors (Lipinski definition) is 4. The summed E-state index contributed by atoms with van der Waals surface area (Å²) >= 11 is 0. The first-order valence-corrected chi connectivity index (χ1v) is 6.78. The minimum atomic E-state index is -0.157. The van der Waals surface area contributed by atoms with E-state index in [0.29, 0.717) is 5.75 Å². The van der Waals surface area contributed by atoms with Crippen LogP contribution < -0.4 is 10.1 Å². The molecule has 110 valence electrons. The normalized spacial score (nSPS) is 10.8. The van der Waals surface area contributed by atoms with E-state index >= 15 is 0 Å². The maximum atomic E-state index is 11.6. The average Bonchev–Trinajstić information content (AvgIpc) is 2.49. The number of ether oxygens (including phenoxy) is 1. The molecule has 0 unspecified atom stereocenters. The van der Waals surface area contributed by atoms with Gasteiger partial charge < -0.3 is 14.9 Å². The zero-order valence-electron chi connectivity index (χ0n) is 12.3. The first kappa shape index (κ1) is 16.0. The van der Waals surface area contributed by atoms with E-state index in [1.54, 1.807) is 7.11 Å². The molecular formula is C15H22N2O3. The second kappa shape index (κ2) is 8.96. The topological polar surface area (TPSA) is 59.9 Å². The molecule has 5 heteroatoms. The molecule has 1 amide bonds. The lowest BCUT2D eigenvalue weighted by molar-refractivity contribution is -0.126. The van der Waals surface area contributed by atoms with Crippen LogP contribution in [0.25, 0.3) is 0 Å². The standard InChI is InChI=1S/C15H22N2O3/c1-4-13(5-2)17-15(18)11-20-16-10-12-8-6-7-9-14(12)19-3/h6-10,13H,4-5,11H2,1-3H3,(H,17,18)/b16-10+. The monoisotopic (exact) mass is 278 g/mol. The van der Waals surface area contributed by atoms with E-state index in [1.165, 1.54) is 6.21 Å². The number of methoxy groups -OCH3 is 1. The van der Waals surface area contributed by atoms with Gasteiger partial charge in [0, 0.05) is 11.6 Å². The molecule has 1 rings (SSSR count). The van der Waals surface area contributed by atoms with Crippen molar-refractivity contribution in [3.05, 3.63) is 29.8 Å². The van der Waals surface area contributed by atoms with Crippen LogP contribution in [-0.2, 0) is 9.63 Å². The van der Waals surface area contributed by atoms with Crippen LogP contribution in [0.3, 0.4) is 0 Å². The Morgan fingerprint density at radius 1 is 1.35 bits per heavy atom. The van der Waals surface area contributed by atoms with Gasteiger partial charge in [0.1, 0.15) is 5.75 Å². The van der Waals surface area contributed by atoms with Crippen molar-refractivity contribution in [1.29, 1.82) is 0 Å². The maximum Gasteiger partial charge on any atom is 0.260 e. The van der Waals surface area contributed by atoms with Crippen LogP contribution in [-0.4, -0.2) is 31.9 Å². The fraction of sp³-hybridized carbons (Fsp3) is 0.467. The number of rotatable bonds is 8. The number of carbonyl (C=O) groups is 1. The first-order chi connectivity index (χ1) is 9.71. The highest BCUT2D eigenvalue weighted by Crippen LogP contribution is 2.14. The molecule has 20 heavy (non-hydrogen) atoms. The number of hydrogen-bond donors (Lipinski definition) is 1. The highest BCUT2D eigenvalue weighted by molar-refractivity contribution is 5.83. The van der Waals surface area contributed by atoms with Crippen molar-refractivity contribution >= 4 is 12.1 Å². The van der Waals surface area contributed by atoms with Gasteiger partial charge in [-0.05, 0) is 25.0 Å². The molecule has 1 N–H and O–H groups in total. The third-order valence-electron chi connectivity index (χ3n) is 2.95. The molecule has 1 aromatic rings. The van der Waals surface area contributed by atoms with Crippen LogP contribution >= 0.6 is 0 Å². The van der Waals surface area contributed by atoms with Gasteiger partial charge in [-0.25, -0.2) is 0 Å². The predicted octanol–water partition coefficient (Wildman–Crippen LogP) is 2.35. The molecule has 0 aromatic heterocycles. The number of nitrogens with one attached hydrogen (secondary N) is 1. The van der Waals surface area contributed by atoms with E-state index in [-0.39, 0.29) is 18.6 Å². The molecule has 5 nitrogen and oxygen atoms in total. The zero-order chi connectivity index (χ0) is 14.8. The summed E-state index contributed by atoms with van der Waals surface area (Å²) in [6.07, 6.45) is 3.35. The lowest BCUT2D eigenvalue weighted by Crippen LogP contribution is -2.36. The summed E-state index contributed by atoms with van der Waals surface area (Å²) in [7, 11) is 1.59. The van der Waals surface area contributed by atoms with Crippen molar-refractivity contribution in [2.45, 2.75) is 32.7 Å². The maximum absolute atomic E-state index is 11.6. The largest absolute Gasteiger partial charge is 0.496 e. The van der Waals surface area contributed by atoms with Gasteiger partial charge in [-0.15, -0.1) is 0 Å². The molecule has 0 radical (unpaired) electrons. The Morgan fingerprint density at radius 2 is 2.05 bits per heavy atom. The third kappa shape index (κ3) is 5.30. The summed E-state index contributed by atoms with van der Waals surface area (Å²) < 4.78 is 5.18. The Kier molecular flexibility index (Phi) is 7.17. The van der Waals surface area contributed by atoms with E-state index in [4.69, 9.17) is 9.57 Å². The quantitative estimate of drug-likeness (QED) is 0.586. The molecule has 1 aromatic carbocycles. The van der Waals surface area contributed by atoms with Crippen molar-refractivity contribution in [1.82, 2.24) is 5.32 Å². The first-order valence-electron chi connectivity index (χ1n) is 6.78. The molecule has 0 aliphatic rings. The average molecular weight is 278 g/mol. The number of nitrogens with zero attached hydrogens (tertiary/aromatic N) is 1. The number of oxime groups is 1. The molecule has 0 fully saturated rings. The van der Waals surface area contributed by atoms with Crippen molar-refractivity contribution in [2.75, 3.05) is 13.7 Å². The van der Waals surface area contributed by atoms with Crippen LogP contribution in [0.1, 0.15) is 32.3 Å². The van der Waals surface area contributed by atoms with Crippen molar-refractivity contribution in [3.8, 4) is 5.75 Å². The number of amides is 1. The van der Waals surface area contributed by atoms with Gasteiger partial charge in [0.25, 0.3) is 5.91 Å². The van der Waals surface area contributed by atoms with Crippen LogP contribution in [0.2, 0.25) is 0 Å². The molecule has 0 bridgehead atoms. The third-order valence-corrected chi connectivity index (χ3v) is 2.95. The molecule has 0 atom stereocenters. The van der Waals surface area contributed by atoms with E-state index in [1.807, 2.05) is 38.1 Å². The summed E-state index contributed by atoms with van der Waals surface area (Å²) in [5.41, 5.74) is 0.801. The summed E-state index contributed by atoms with van der Waals surface area (Å²) in [6, 6.07) is 7.64. The Bertz CT molecular complexity index is 442. The fourth-order valence-corrected chi connectivity index (χ4v) is 1.73. The molecular weight excluding hydrogens is 256 g/mol. The summed E-state index contributed by atoms with van der Waals surface area (Å²) in [6.45, 7) is 3.99. The molecule has 0 saturated heterocycles. The van der Waals surface area contributed by atoms with Gasteiger partial charge in [-0.3, -0.25) is 4.79 Å². The van der Waals surface area contributed by atoms with E-state index < -0.39 is 0 Å². The lowest BCUT2D eigenvalue weighted by atomic mass is 10.2. The van der Waals surface area contributed by atoms with Gasteiger partial charge in [-0.1, -0.05) is 31.1 Å². The molecule has 0 aliphatic carbocycles. The van der Waals surface area contributed by atoms with E-state index in [9.17, 15) is 4.79 Å². The summed E-state index contributed by atoms with van der Waals surface area (Å²) in [5, 5.41) is 6.66. The smallest absolute Gasteiger partial charge is 0.260 e. The number of benzene rings is 1. The van der Waals surface area contributed by atoms with Crippen molar-refractivity contribution < 1.29 is 14.4 Å². The number of para-hydroxylation sites is 1. The van der Waals surface area contributed by atoms with Gasteiger partial charge in [0.2, 0.25) is 0 Å². The second-order valence-electron chi connectivity index (χ2n) is 4.33. The second-order valence-corrected chi connectivity index (χ2v) is 4.33. The fourth-order valence-electron chi connectivity index (χ4n) is 1.73. The minimum Gasteiger partial charge on any atom is -0.496 e. The van der Waals surface area contributed by atoms with Gasteiger partial charge >= 0.3 is 0 Å². The van der Waals surface area contributed by atoms with Crippen LogP contribution in [0.5, 0.6) is 5.75 Å². The molecule has 0 heterocycles. The minimum absolute atomic E-state index is 0.0812. The van der Waals surface area contributed by atoms with Gasteiger partial charge in [0.05, 0.1) is 13.3 Å². The Labute approximate surface area is 120 Å². The van der Waals surface area contributed by atoms with Crippen LogP contribution in [0.4, 0.5) is 0 Å². The Morgan fingerprint density at radius 3 is 2.70 bits per heavy atom. The zero-order valence-corrected chi connectivity index (χ0v) is 12.3. The Hall–Kier alpha value is -2.04. The van der Waals surface area contributed by atoms with Crippen molar-refractivity contribution in [2.24, 2.45) is 5.16 Å². The lowest BCUT2D eigenvalue weighted by Gasteiger charge is -2.13. The van der Waals surface area contributed by atoms with Crippen molar-refractivity contribution in [3.63, 3.8) is 0 Å². The summed E-state index contributed by atoms with van der Waals surface area (Å²) in [5.74, 6) is 0.553. The molecule has 0 saturated carbocycles. The molecule has 0 spiro atoms. The highest BCUT2D eigenvalue weighted by atomic mass is 16.6. The van der Waals surface area contributed by atoms with Gasteiger partial charge in [-0.2, -0.15) is 0 Å². The number of carbonyl (C=O) groups excluding carboxylic acids is 1. The predicted molar refractivity (Wildman–Crippen MR) is 79.1 cm³/mol. The van der Waals surface area contributed by atoms with E-state index in [0.717, 1.165) is 18.4 Å². The van der Waals surface area contributed by atoms with E-state index in [2.05, 4.69) is 10.5 Å². The summed E-state index contributed by atoms with van der Waals surface area (Å²) in [4.78, 5) is 16.6. The van der Waals surface area contributed by atoms with Crippen LogP contribution in [0, 0.1) is 0 Å². The SMILES string of the molecule is CCC(CC)NC(=O)CO/N=C/c1ccccc1OC. The molecule has 0 aliphatic heterocycles. The highest BCUT2D eigenvalue weighted by Gasteiger charge is 2.08. The van der Waals surface area contributed by atoms with Crippen LogP contribution in [0.15, 0.2) is 29.4 Å². The van der Waals surface area contributed by atoms with Gasteiger partial charge in [0.15, 0.2) is 6.61 Å².